The second-order valence-electron chi connectivity index (χ2n) is 16.1. The molecule has 7 atom stereocenters. The van der Waals surface area contributed by atoms with Gasteiger partial charge in [-0.05, 0) is 90.8 Å². The number of aliphatic imine (C=N–C) groups is 1. The van der Waals surface area contributed by atoms with Gasteiger partial charge in [0.1, 0.15) is 17.9 Å². The second-order valence-corrected chi connectivity index (χ2v) is 16.6. The van der Waals surface area contributed by atoms with Gasteiger partial charge in [-0.3, -0.25) is 14.4 Å². The van der Waals surface area contributed by atoms with E-state index in [0.717, 1.165) is 30.5 Å². The first-order valence-electron chi connectivity index (χ1n) is 19.5. The van der Waals surface area contributed by atoms with Crippen molar-refractivity contribution in [3.8, 4) is 16.9 Å². The van der Waals surface area contributed by atoms with Crippen molar-refractivity contribution < 1.29 is 29.4 Å². The number of carbonyl (C=O) groups excluding carboxylic acids is 2. The van der Waals surface area contributed by atoms with Crippen LogP contribution in [0.2, 0.25) is 5.02 Å². The van der Waals surface area contributed by atoms with E-state index in [2.05, 4.69) is 38.0 Å². The quantitative estimate of drug-likeness (QED) is 0.147. The molecule has 3 aromatic rings. The highest BCUT2D eigenvalue weighted by Crippen LogP contribution is 2.48. The Kier molecular flexibility index (Phi) is 14.2. The second kappa shape index (κ2) is 18.4. The van der Waals surface area contributed by atoms with Crippen LogP contribution in [0.25, 0.3) is 11.1 Å². The maximum absolute atomic E-state index is 14.1. The van der Waals surface area contributed by atoms with Crippen molar-refractivity contribution in [3.05, 3.63) is 82.4 Å². The fourth-order valence-corrected chi connectivity index (χ4v) is 9.09. The van der Waals surface area contributed by atoms with Gasteiger partial charge in [-0.1, -0.05) is 76.0 Å². The van der Waals surface area contributed by atoms with Gasteiger partial charge >= 0.3 is 0 Å². The van der Waals surface area contributed by atoms with Gasteiger partial charge in [-0.15, -0.1) is 0 Å². The summed E-state index contributed by atoms with van der Waals surface area (Å²) in [7, 11) is 5.39. The number of halogens is 1. The maximum atomic E-state index is 14.1. The highest BCUT2D eigenvalue weighted by Gasteiger charge is 2.49. The molecule has 0 bridgehead atoms. The van der Waals surface area contributed by atoms with Gasteiger partial charge in [0, 0.05) is 60.2 Å². The molecule has 298 valence electrons. The SMILES string of the molecule is CC[C@H]1[C@H](C)C(C=NC(=O)[C@@H]2C([C@H](C)O)[C@H](CO)ON2Cc2cc(Cl)cc(-c3cc(C(=O)NCCc4ccccc4)cc(N(C)C)c3)c2OC)CCC1(C)C. The third kappa shape index (κ3) is 9.78. The molecule has 1 saturated heterocycles. The van der Waals surface area contributed by atoms with Crippen LogP contribution in [0, 0.1) is 29.1 Å². The van der Waals surface area contributed by atoms with E-state index in [1.54, 1.807) is 32.4 Å². The van der Waals surface area contributed by atoms with E-state index in [1.165, 1.54) is 5.06 Å². The summed E-state index contributed by atoms with van der Waals surface area (Å²) in [6.45, 7) is 10.9. The fourth-order valence-electron chi connectivity index (χ4n) is 8.85. The van der Waals surface area contributed by atoms with E-state index in [-0.39, 0.29) is 23.8 Å². The average Bonchev–Trinajstić information content (AvgIpc) is 3.53. The Hall–Kier alpha value is -3.80. The van der Waals surface area contributed by atoms with Crippen LogP contribution >= 0.6 is 11.6 Å². The van der Waals surface area contributed by atoms with Crippen LogP contribution in [0.4, 0.5) is 5.69 Å². The number of amides is 2. The molecule has 1 aliphatic carbocycles. The summed E-state index contributed by atoms with van der Waals surface area (Å²) in [5, 5.41) is 26.2. The van der Waals surface area contributed by atoms with Crippen molar-refractivity contribution in [2.24, 2.45) is 34.1 Å². The molecule has 2 unspecified atom stereocenters. The minimum atomic E-state index is -0.971. The number of carbonyl (C=O) groups is 2. The first-order chi connectivity index (χ1) is 26.2. The van der Waals surface area contributed by atoms with Crippen molar-refractivity contribution in [1.82, 2.24) is 10.4 Å². The molecule has 1 aliphatic heterocycles. The summed E-state index contributed by atoms with van der Waals surface area (Å²) in [6.07, 6.45) is 3.78. The number of hydroxylamine groups is 2. The summed E-state index contributed by atoms with van der Waals surface area (Å²) < 4.78 is 6.04. The molecule has 2 amide bonds. The Morgan fingerprint density at radius 2 is 1.89 bits per heavy atom. The molecule has 0 spiro atoms. The number of anilines is 1. The van der Waals surface area contributed by atoms with Crippen LogP contribution in [0.5, 0.6) is 5.75 Å². The number of methoxy groups -OCH3 is 1. The van der Waals surface area contributed by atoms with Gasteiger partial charge in [0.15, 0.2) is 0 Å². The van der Waals surface area contributed by atoms with Gasteiger partial charge in [-0.2, -0.15) is 5.06 Å². The van der Waals surface area contributed by atoms with Crippen LogP contribution in [-0.2, 0) is 22.6 Å². The lowest BCUT2D eigenvalue weighted by molar-refractivity contribution is -0.180. The van der Waals surface area contributed by atoms with Crippen LogP contribution in [0.3, 0.4) is 0 Å². The Morgan fingerprint density at radius 1 is 1.16 bits per heavy atom. The van der Waals surface area contributed by atoms with E-state index >= 15 is 0 Å². The van der Waals surface area contributed by atoms with E-state index in [9.17, 15) is 19.8 Å². The molecule has 5 rings (SSSR count). The van der Waals surface area contributed by atoms with Crippen molar-refractivity contribution in [2.45, 2.75) is 85.1 Å². The molecule has 3 N–H and O–H groups in total. The van der Waals surface area contributed by atoms with Crippen molar-refractivity contribution in [2.75, 3.05) is 39.3 Å². The Labute approximate surface area is 331 Å². The Bertz CT molecular complexity index is 1820. The largest absolute Gasteiger partial charge is 0.496 e. The fraction of sp³-hybridized carbons (Fsp3) is 0.523. The predicted octanol–water partition coefficient (Wildman–Crippen LogP) is 7.22. The number of nitrogens with zero attached hydrogens (tertiary/aromatic N) is 3. The number of hydrogen-bond acceptors (Lipinski definition) is 8. The predicted molar refractivity (Wildman–Crippen MR) is 220 cm³/mol. The zero-order valence-electron chi connectivity index (χ0n) is 33.6. The molecule has 2 aliphatic rings. The van der Waals surface area contributed by atoms with Gasteiger partial charge < -0.3 is 25.2 Å². The van der Waals surface area contributed by atoms with Crippen molar-refractivity contribution in [1.29, 1.82) is 0 Å². The van der Waals surface area contributed by atoms with E-state index in [4.69, 9.17) is 21.2 Å². The van der Waals surface area contributed by atoms with Gasteiger partial charge in [0.2, 0.25) is 0 Å². The Morgan fingerprint density at radius 3 is 2.53 bits per heavy atom. The number of aliphatic hydroxyl groups excluding tert-OH is 2. The highest BCUT2D eigenvalue weighted by atomic mass is 35.5. The molecule has 1 saturated carbocycles. The van der Waals surface area contributed by atoms with Crippen LogP contribution in [0.1, 0.15) is 75.4 Å². The number of aliphatic hydroxyl groups is 2. The molecule has 55 heavy (non-hydrogen) atoms. The molecule has 0 radical (unpaired) electrons. The summed E-state index contributed by atoms with van der Waals surface area (Å²) in [5.41, 5.74) is 4.64. The summed E-state index contributed by atoms with van der Waals surface area (Å²) in [5.74, 6) is 0.140. The zero-order chi connectivity index (χ0) is 40.0. The molecule has 0 aromatic heterocycles. The smallest absolute Gasteiger partial charge is 0.265 e. The molecular weight excluding hydrogens is 716 g/mol. The topological polar surface area (TPSA) is 124 Å². The van der Waals surface area contributed by atoms with E-state index in [0.29, 0.717) is 57.8 Å². The first-order valence-corrected chi connectivity index (χ1v) is 19.9. The minimum Gasteiger partial charge on any atom is -0.496 e. The molecular formula is C44H59ClN4O6. The number of ether oxygens (including phenoxy) is 1. The average molecular weight is 775 g/mol. The number of rotatable bonds is 14. The van der Waals surface area contributed by atoms with Gasteiger partial charge in [0.05, 0.1) is 26.4 Å². The third-order valence-corrected chi connectivity index (χ3v) is 12.1. The van der Waals surface area contributed by atoms with Crippen molar-refractivity contribution >= 4 is 35.3 Å². The first kappa shape index (κ1) is 42.3. The van der Waals surface area contributed by atoms with E-state index in [1.807, 2.05) is 67.5 Å². The number of hydrogen-bond donors (Lipinski definition) is 3. The Balaban J connectivity index is 1.45. The number of nitrogens with one attached hydrogen (secondary N) is 1. The molecule has 11 heteroatoms. The lowest BCUT2D eigenvalue weighted by Gasteiger charge is -2.45. The molecule has 2 fully saturated rings. The van der Waals surface area contributed by atoms with Crippen molar-refractivity contribution in [3.63, 3.8) is 0 Å². The molecule has 1 heterocycles. The summed E-state index contributed by atoms with van der Waals surface area (Å²) in [4.78, 5) is 40.3. The monoisotopic (exact) mass is 774 g/mol. The lowest BCUT2D eigenvalue weighted by atomic mass is 9.60. The lowest BCUT2D eigenvalue weighted by Crippen LogP contribution is -2.43. The van der Waals surface area contributed by atoms with Crippen LogP contribution < -0.4 is 15.0 Å². The summed E-state index contributed by atoms with van der Waals surface area (Å²) in [6, 6.07) is 18.2. The van der Waals surface area contributed by atoms with Crippen LogP contribution in [0.15, 0.2) is 65.7 Å². The standard InChI is InChI=1S/C44H59ClN4O6/c1-9-37-27(2)30(15-17-44(37,4)5)24-47-43(53)40-39(28(3)51)38(26-50)55-49(40)25-33-20-34(45)23-36(41(33)54-8)31-19-32(22-35(21-31)48(6)7)42(52)46-18-16-29-13-11-10-12-14-29/h10-14,19-24,27-28,30,37-40,50-51H,9,15-18,25-26H2,1-8H3,(H,46,52)/t27-,28+,30?,37+,38+,39?,40+/m1/s1. The van der Waals surface area contributed by atoms with Gasteiger partial charge in [0.25, 0.3) is 11.8 Å². The zero-order valence-corrected chi connectivity index (χ0v) is 34.3. The van der Waals surface area contributed by atoms with Crippen LogP contribution in [-0.4, -0.2) is 85.9 Å². The molecule has 10 nitrogen and oxygen atoms in total. The number of benzene rings is 3. The third-order valence-electron chi connectivity index (χ3n) is 11.8. The molecule has 3 aromatic carbocycles. The maximum Gasteiger partial charge on any atom is 0.265 e. The van der Waals surface area contributed by atoms with E-state index < -0.39 is 36.7 Å². The van der Waals surface area contributed by atoms with Gasteiger partial charge in [-0.25, -0.2) is 4.99 Å². The highest BCUT2D eigenvalue weighted by molar-refractivity contribution is 6.31. The summed E-state index contributed by atoms with van der Waals surface area (Å²) >= 11 is 6.80. The normalized spacial score (nSPS) is 24.5. The minimum absolute atomic E-state index is 0.0501.